The van der Waals surface area contributed by atoms with Gasteiger partial charge in [0.2, 0.25) is 22.3 Å². The van der Waals surface area contributed by atoms with Crippen LogP contribution in [0.5, 0.6) is 0 Å². The van der Waals surface area contributed by atoms with Gasteiger partial charge in [-0.25, -0.2) is 0 Å². The number of hydrogen-bond donors (Lipinski definition) is 0. The van der Waals surface area contributed by atoms with Crippen molar-refractivity contribution in [2.75, 3.05) is 0 Å². The van der Waals surface area contributed by atoms with Gasteiger partial charge >= 0.3 is 0 Å². The SMILES string of the molecule is N#Cc1oc2c(=O)c3oc(C#N)c(C#N)oc3c(=O)c2oc1C#N. The van der Waals surface area contributed by atoms with Crippen LogP contribution < -0.4 is 10.9 Å². The molecule has 2 aromatic heterocycles. The van der Waals surface area contributed by atoms with Crippen LogP contribution >= 0.6 is 0 Å². The molecule has 0 amide bonds. The van der Waals surface area contributed by atoms with Gasteiger partial charge in [-0.05, 0) is 0 Å². The van der Waals surface area contributed by atoms with Crippen molar-refractivity contribution in [3.8, 4) is 24.3 Å². The maximum atomic E-state index is 12.3. The fourth-order valence-electron chi connectivity index (χ4n) is 1.88. The summed E-state index contributed by atoms with van der Waals surface area (Å²) in [6.07, 6.45) is 0. The summed E-state index contributed by atoms with van der Waals surface area (Å²) in [7, 11) is 0. The van der Waals surface area contributed by atoms with E-state index in [1.807, 2.05) is 0 Å². The predicted molar refractivity (Wildman–Crippen MR) is 70.7 cm³/mol. The topological polar surface area (TPSA) is 182 Å². The Labute approximate surface area is 129 Å². The predicted octanol–water partition coefficient (Wildman–Crippen LogP) is 1.13. The summed E-state index contributed by atoms with van der Waals surface area (Å²) in [4.78, 5) is 24.7. The minimum atomic E-state index is -1.05. The van der Waals surface area contributed by atoms with Crippen LogP contribution in [0.3, 0.4) is 0 Å². The summed E-state index contributed by atoms with van der Waals surface area (Å²) >= 11 is 0. The number of hydrogen-bond acceptors (Lipinski definition) is 10. The average Bonchev–Trinajstić information content (AvgIpc) is 2.63. The minimum Gasteiger partial charge on any atom is -0.433 e. The van der Waals surface area contributed by atoms with E-state index < -0.39 is 56.2 Å². The van der Waals surface area contributed by atoms with Crippen molar-refractivity contribution in [2.45, 2.75) is 0 Å². The van der Waals surface area contributed by atoms with Crippen molar-refractivity contribution in [2.24, 2.45) is 0 Å². The fraction of sp³-hybridized carbons (Fsp3) is 0. The molecule has 0 spiro atoms. The monoisotopic (exact) mass is 320 g/mol. The number of nitrogens with zero attached hydrogens (tertiary/aromatic N) is 4. The molecule has 0 aliphatic carbocycles. The zero-order valence-corrected chi connectivity index (χ0v) is 11.2. The van der Waals surface area contributed by atoms with Crippen molar-refractivity contribution in [1.82, 2.24) is 0 Å². The van der Waals surface area contributed by atoms with E-state index in [-0.39, 0.29) is 0 Å². The molecular formula is C14N4O6. The van der Waals surface area contributed by atoms with E-state index in [0.717, 1.165) is 0 Å². The Morgan fingerprint density at radius 2 is 0.708 bits per heavy atom. The molecule has 112 valence electrons. The van der Waals surface area contributed by atoms with E-state index in [2.05, 4.69) is 0 Å². The summed E-state index contributed by atoms with van der Waals surface area (Å²) < 4.78 is 19.8. The first-order valence-corrected chi connectivity index (χ1v) is 5.94. The Balaban J connectivity index is 2.66. The second-order valence-electron chi connectivity index (χ2n) is 4.15. The van der Waals surface area contributed by atoms with E-state index >= 15 is 0 Å². The summed E-state index contributed by atoms with van der Waals surface area (Å²) in [5, 5.41) is 35.5. The molecule has 0 aliphatic rings. The number of rotatable bonds is 0. The standard InChI is InChI=1S/C14N4O6/c15-1-5-6(2-16)22-12-10(20)14-13(9(19)11(12)21-5)23-7(3-17)8(4-18)24-14. The lowest BCUT2D eigenvalue weighted by atomic mass is 10.2. The second-order valence-corrected chi connectivity index (χ2v) is 4.15. The smallest absolute Gasteiger partial charge is 0.271 e. The molecule has 0 fully saturated rings. The van der Waals surface area contributed by atoms with E-state index in [1.165, 1.54) is 24.3 Å². The van der Waals surface area contributed by atoms with Crippen molar-refractivity contribution in [3.63, 3.8) is 0 Å². The molecule has 0 saturated heterocycles. The normalized spacial score (nSPS) is 9.83. The molecule has 10 nitrogen and oxygen atoms in total. The van der Waals surface area contributed by atoms with Gasteiger partial charge in [-0.15, -0.1) is 0 Å². The third-order valence-corrected chi connectivity index (χ3v) is 2.87. The molecule has 1 aromatic carbocycles. The first-order chi connectivity index (χ1) is 11.5. The highest BCUT2D eigenvalue weighted by Gasteiger charge is 2.24. The Kier molecular flexibility index (Phi) is 3.02. The first kappa shape index (κ1) is 14.4. The van der Waals surface area contributed by atoms with Gasteiger partial charge in [0.05, 0.1) is 0 Å². The van der Waals surface area contributed by atoms with E-state index in [4.69, 9.17) is 38.7 Å². The average molecular weight is 320 g/mol. The molecule has 0 bridgehead atoms. The molecule has 3 aromatic rings. The van der Waals surface area contributed by atoms with Crippen LogP contribution in [0.1, 0.15) is 23.0 Å². The first-order valence-electron chi connectivity index (χ1n) is 5.94. The van der Waals surface area contributed by atoms with E-state index in [9.17, 15) is 9.59 Å². The lowest BCUT2D eigenvalue weighted by Crippen LogP contribution is -2.14. The zero-order chi connectivity index (χ0) is 17.4. The van der Waals surface area contributed by atoms with Crippen molar-refractivity contribution < 1.29 is 17.7 Å². The number of nitriles is 4. The molecule has 2 heterocycles. The molecule has 0 unspecified atom stereocenters. The molecular weight excluding hydrogens is 320 g/mol. The Bertz CT molecular complexity index is 1130. The van der Waals surface area contributed by atoms with E-state index in [0.29, 0.717) is 0 Å². The molecule has 3 rings (SSSR count). The highest BCUT2D eigenvalue weighted by molar-refractivity contribution is 5.86. The highest BCUT2D eigenvalue weighted by Crippen LogP contribution is 2.20. The molecule has 0 N–H and O–H groups in total. The van der Waals surface area contributed by atoms with Gasteiger partial charge in [0.1, 0.15) is 24.3 Å². The summed E-state index contributed by atoms with van der Waals surface area (Å²) in [6, 6.07) is 6.00. The molecule has 0 atom stereocenters. The van der Waals surface area contributed by atoms with Gasteiger partial charge in [0.15, 0.2) is 0 Å². The van der Waals surface area contributed by atoms with Crippen LogP contribution in [0.2, 0.25) is 0 Å². The Morgan fingerprint density at radius 3 is 0.875 bits per heavy atom. The highest BCUT2D eigenvalue weighted by atomic mass is 16.4. The van der Waals surface area contributed by atoms with Gasteiger partial charge in [0.25, 0.3) is 33.9 Å². The lowest BCUT2D eigenvalue weighted by Gasteiger charge is -2.01. The van der Waals surface area contributed by atoms with Crippen molar-refractivity contribution >= 4 is 22.3 Å². The molecule has 24 heavy (non-hydrogen) atoms. The van der Waals surface area contributed by atoms with Crippen LogP contribution in [-0.4, -0.2) is 0 Å². The summed E-state index contributed by atoms with van der Waals surface area (Å²) in [5.41, 5.74) is -4.83. The number of fused-ring (bicyclic) bond motifs is 2. The largest absolute Gasteiger partial charge is 0.433 e. The third-order valence-electron chi connectivity index (χ3n) is 2.87. The van der Waals surface area contributed by atoms with Crippen molar-refractivity contribution in [3.05, 3.63) is 43.5 Å². The van der Waals surface area contributed by atoms with Crippen LogP contribution in [-0.2, 0) is 0 Å². The zero-order valence-electron chi connectivity index (χ0n) is 11.2. The second kappa shape index (κ2) is 5.03. The quantitative estimate of drug-likeness (QED) is 0.544. The lowest BCUT2D eigenvalue weighted by molar-refractivity contribution is 0.467. The third kappa shape index (κ3) is 1.79. The summed E-state index contributed by atoms with van der Waals surface area (Å²) in [5.74, 6) is -2.47. The maximum absolute atomic E-state index is 12.3. The molecule has 0 aliphatic heterocycles. The van der Waals surface area contributed by atoms with Crippen LogP contribution in [0, 0.1) is 45.3 Å². The van der Waals surface area contributed by atoms with Gasteiger partial charge in [-0.1, -0.05) is 0 Å². The molecule has 10 heteroatoms. The van der Waals surface area contributed by atoms with Gasteiger partial charge in [-0.3, -0.25) is 9.59 Å². The van der Waals surface area contributed by atoms with E-state index in [1.54, 1.807) is 0 Å². The van der Waals surface area contributed by atoms with Crippen LogP contribution in [0.15, 0.2) is 27.3 Å². The number of benzene rings is 1. The van der Waals surface area contributed by atoms with Crippen molar-refractivity contribution in [1.29, 1.82) is 21.0 Å². The van der Waals surface area contributed by atoms with Crippen LogP contribution in [0.25, 0.3) is 22.3 Å². The van der Waals surface area contributed by atoms with Gasteiger partial charge < -0.3 is 17.7 Å². The van der Waals surface area contributed by atoms with Crippen LogP contribution in [0.4, 0.5) is 0 Å². The van der Waals surface area contributed by atoms with Gasteiger partial charge in [0, 0.05) is 0 Å². The summed E-state index contributed by atoms with van der Waals surface area (Å²) in [6.45, 7) is 0. The Hall–Kier alpha value is -4.54. The molecule has 0 saturated carbocycles. The molecule has 0 radical (unpaired) electrons. The minimum absolute atomic E-state index is 0.619. The van der Waals surface area contributed by atoms with Gasteiger partial charge in [-0.2, -0.15) is 21.0 Å². The maximum Gasteiger partial charge on any atom is 0.271 e. The fourth-order valence-corrected chi connectivity index (χ4v) is 1.88. The Morgan fingerprint density at radius 1 is 0.500 bits per heavy atom.